The zero-order chi connectivity index (χ0) is 14.5. The lowest BCUT2D eigenvalue weighted by Crippen LogP contribution is -2.28. The largest absolute Gasteiger partial charge is 0.349 e. The van der Waals surface area contributed by atoms with E-state index in [4.69, 9.17) is 11.6 Å². The molecule has 0 saturated carbocycles. The smallest absolute Gasteiger partial charge is 0.230 e. The van der Waals surface area contributed by atoms with Gasteiger partial charge < -0.3 is 5.32 Å². The summed E-state index contributed by atoms with van der Waals surface area (Å²) >= 11 is 8.87. The Labute approximate surface area is 131 Å². The highest BCUT2D eigenvalue weighted by Crippen LogP contribution is 2.22. The first kappa shape index (κ1) is 15.4. The van der Waals surface area contributed by atoms with Gasteiger partial charge in [0.25, 0.3) is 0 Å². The topological polar surface area (TPSA) is 42.0 Å². The SMILES string of the molecule is Cc1csc(SCC(=O)NC(C)c2ccc(Cl)cc2)n1. The van der Waals surface area contributed by atoms with Crippen molar-refractivity contribution in [3.63, 3.8) is 0 Å². The molecule has 2 rings (SSSR count). The Hall–Kier alpha value is -1.04. The van der Waals surface area contributed by atoms with Gasteiger partial charge in [-0.3, -0.25) is 4.79 Å². The van der Waals surface area contributed by atoms with E-state index < -0.39 is 0 Å². The summed E-state index contributed by atoms with van der Waals surface area (Å²) in [6.45, 7) is 3.91. The van der Waals surface area contributed by atoms with Crippen molar-refractivity contribution in [2.24, 2.45) is 0 Å². The number of aromatic nitrogens is 1. The highest BCUT2D eigenvalue weighted by Gasteiger charge is 2.10. The van der Waals surface area contributed by atoms with Gasteiger partial charge in [-0.15, -0.1) is 11.3 Å². The molecule has 20 heavy (non-hydrogen) atoms. The summed E-state index contributed by atoms with van der Waals surface area (Å²) in [4.78, 5) is 16.2. The number of amides is 1. The Balaban J connectivity index is 1.83. The lowest BCUT2D eigenvalue weighted by atomic mass is 10.1. The summed E-state index contributed by atoms with van der Waals surface area (Å²) in [7, 11) is 0. The van der Waals surface area contributed by atoms with Crippen molar-refractivity contribution in [3.05, 3.63) is 45.9 Å². The number of rotatable bonds is 5. The van der Waals surface area contributed by atoms with Crippen molar-refractivity contribution in [2.75, 3.05) is 5.75 Å². The number of hydrogen-bond acceptors (Lipinski definition) is 4. The molecule has 1 heterocycles. The summed E-state index contributed by atoms with van der Waals surface area (Å²) in [5, 5.41) is 5.65. The molecule has 0 radical (unpaired) electrons. The zero-order valence-electron chi connectivity index (χ0n) is 11.2. The fraction of sp³-hybridized carbons (Fsp3) is 0.286. The van der Waals surface area contributed by atoms with Gasteiger partial charge in [0.15, 0.2) is 4.34 Å². The second-order valence-electron chi connectivity index (χ2n) is 4.38. The average Bonchev–Trinajstić information content (AvgIpc) is 2.83. The van der Waals surface area contributed by atoms with Gasteiger partial charge in [0.1, 0.15) is 0 Å². The van der Waals surface area contributed by atoms with E-state index in [1.807, 2.05) is 43.5 Å². The van der Waals surface area contributed by atoms with E-state index in [2.05, 4.69) is 10.3 Å². The second kappa shape index (κ2) is 7.11. The van der Waals surface area contributed by atoms with Gasteiger partial charge in [-0.25, -0.2) is 4.98 Å². The van der Waals surface area contributed by atoms with Crippen molar-refractivity contribution >= 4 is 40.6 Å². The molecule has 2 aromatic rings. The molecule has 0 aliphatic heterocycles. The highest BCUT2D eigenvalue weighted by atomic mass is 35.5. The Morgan fingerprint density at radius 1 is 1.45 bits per heavy atom. The van der Waals surface area contributed by atoms with Crippen LogP contribution in [0.3, 0.4) is 0 Å². The zero-order valence-corrected chi connectivity index (χ0v) is 13.6. The molecule has 0 aliphatic rings. The van der Waals surface area contributed by atoms with E-state index in [0.717, 1.165) is 15.6 Å². The number of aryl methyl sites for hydroxylation is 1. The molecule has 0 fully saturated rings. The molecule has 6 heteroatoms. The van der Waals surface area contributed by atoms with Crippen LogP contribution < -0.4 is 5.32 Å². The normalized spacial score (nSPS) is 12.2. The van der Waals surface area contributed by atoms with Crippen molar-refractivity contribution in [3.8, 4) is 0 Å². The second-order valence-corrected chi connectivity index (χ2v) is 6.90. The van der Waals surface area contributed by atoms with Gasteiger partial charge in [-0.2, -0.15) is 0 Å². The molecule has 1 unspecified atom stereocenters. The number of benzene rings is 1. The number of carbonyl (C=O) groups is 1. The number of nitrogens with zero attached hydrogens (tertiary/aromatic N) is 1. The number of thiazole rings is 1. The minimum atomic E-state index is -0.0293. The number of halogens is 1. The Kier molecular flexibility index (Phi) is 5.46. The average molecular weight is 327 g/mol. The van der Waals surface area contributed by atoms with E-state index in [0.29, 0.717) is 10.8 Å². The monoisotopic (exact) mass is 326 g/mol. The Morgan fingerprint density at radius 3 is 2.75 bits per heavy atom. The number of nitrogens with one attached hydrogen (secondary N) is 1. The third-order valence-corrected chi connectivity index (χ3v) is 5.06. The maximum atomic E-state index is 11.9. The lowest BCUT2D eigenvalue weighted by molar-refractivity contribution is -0.119. The minimum Gasteiger partial charge on any atom is -0.349 e. The third-order valence-electron chi connectivity index (χ3n) is 2.67. The molecule has 1 aromatic carbocycles. The van der Waals surface area contributed by atoms with E-state index in [1.54, 1.807) is 11.3 Å². The molecular weight excluding hydrogens is 312 g/mol. The van der Waals surface area contributed by atoms with Crippen LogP contribution in [0.2, 0.25) is 5.02 Å². The van der Waals surface area contributed by atoms with Gasteiger partial charge in [0.05, 0.1) is 11.8 Å². The molecular formula is C14H15ClN2OS2. The maximum Gasteiger partial charge on any atom is 0.230 e. The minimum absolute atomic E-state index is 0.00491. The summed E-state index contributed by atoms with van der Waals surface area (Å²) in [5.41, 5.74) is 2.03. The summed E-state index contributed by atoms with van der Waals surface area (Å²) in [5.74, 6) is 0.385. The van der Waals surface area contributed by atoms with Crippen LogP contribution in [-0.4, -0.2) is 16.6 Å². The first-order chi connectivity index (χ1) is 9.54. The Morgan fingerprint density at radius 2 is 2.15 bits per heavy atom. The molecule has 3 nitrogen and oxygen atoms in total. The van der Waals surface area contributed by atoms with Crippen LogP contribution in [0.25, 0.3) is 0 Å². The predicted molar refractivity (Wildman–Crippen MR) is 85.6 cm³/mol. The molecule has 0 saturated heterocycles. The first-order valence-electron chi connectivity index (χ1n) is 6.14. The van der Waals surface area contributed by atoms with Crippen molar-refractivity contribution in [1.82, 2.24) is 10.3 Å². The van der Waals surface area contributed by atoms with Crippen LogP contribution in [0.15, 0.2) is 34.0 Å². The summed E-state index contributed by atoms with van der Waals surface area (Å²) in [6, 6.07) is 7.47. The molecule has 0 aliphatic carbocycles. The molecule has 106 valence electrons. The number of thioether (sulfide) groups is 1. The lowest BCUT2D eigenvalue weighted by Gasteiger charge is -2.14. The molecule has 0 bridgehead atoms. The molecule has 1 aromatic heterocycles. The van der Waals surface area contributed by atoms with E-state index in [9.17, 15) is 4.79 Å². The molecule has 1 amide bonds. The van der Waals surface area contributed by atoms with Gasteiger partial charge >= 0.3 is 0 Å². The van der Waals surface area contributed by atoms with Crippen LogP contribution in [0.5, 0.6) is 0 Å². The Bertz CT molecular complexity index is 583. The maximum absolute atomic E-state index is 11.9. The van der Waals surface area contributed by atoms with Gasteiger partial charge in [-0.05, 0) is 31.5 Å². The third kappa shape index (κ3) is 4.51. The molecule has 1 atom stereocenters. The van der Waals surface area contributed by atoms with Gasteiger partial charge in [0, 0.05) is 16.1 Å². The van der Waals surface area contributed by atoms with Crippen LogP contribution in [0, 0.1) is 6.92 Å². The van der Waals surface area contributed by atoms with Crippen LogP contribution >= 0.6 is 34.7 Å². The van der Waals surface area contributed by atoms with Crippen molar-refractivity contribution < 1.29 is 4.79 Å². The molecule has 1 N–H and O–H groups in total. The summed E-state index contributed by atoms with van der Waals surface area (Å²) < 4.78 is 0.928. The molecule has 0 spiro atoms. The predicted octanol–water partition coefficient (Wildman–Crippen LogP) is 4.07. The van der Waals surface area contributed by atoms with E-state index in [-0.39, 0.29) is 11.9 Å². The van der Waals surface area contributed by atoms with E-state index >= 15 is 0 Å². The van der Waals surface area contributed by atoms with Crippen LogP contribution in [-0.2, 0) is 4.79 Å². The quantitative estimate of drug-likeness (QED) is 0.842. The summed E-state index contributed by atoms with van der Waals surface area (Å²) in [6.07, 6.45) is 0. The fourth-order valence-electron chi connectivity index (χ4n) is 1.64. The van der Waals surface area contributed by atoms with Gasteiger partial charge in [0.2, 0.25) is 5.91 Å². The van der Waals surface area contributed by atoms with Crippen LogP contribution in [0.1, 0.15) is 24.2 Å². The fourth-order valence-corrected chi connectivity index (χ4v) is 3.43. The van der Waals surface area contributed by atoms with Crippen LogP contribution in [0.4, 0.5) is 0 Å². The first-order valence-corrected chi connectivity index (χ1v) is 8.38. The van der Waals surface area contributed by atoms with E-state index in [1.165, 1.54) is 11.8 Å². The van der Waals surface area contributed by atoms with Gasteiger partial charge in [-0.1, -0.05) is 35.5 Å². The standard InChI is InChI=1S/C14H15ClN2OS2/c1-9-7-19-14(16-9)20-8-13(18)17-10(2)11-3-5-12(15)6-4-11/h3-7,10H,8H2,1-2H3,(H,17,18). The van der Waals surface area contributed by atoms with Crippen molar-refractivity contribution in [1.29, 1.82) is 0 Å². The number of hydrogen-bond donors (Lipinski definition) is 1. The van der Waals surface area contributed by atoms with Crippen molar-refractivity contribution in [2.45, 2.75) is 24.2 Å². The number of carbonyl (C=O) groups excluding carboxylic acids is 1. The highest BCUT2D eigenvalue weighted by molar-refractivity contribution is 8.01.